The lowest BCUT2D eigenvalue weighted by Gasteiger charge is -2.11. The summed E-state index contributed by atoms with van der Waals surface area (Å²) in [7, 11) is -2.90. The molecule has 0 bridgehead atoms. The van der Waals surface area contributed by atoms with E-state index in [9.17, 15) is 13.2 Å². The maximum atomic E-state index is 11.6. The van der Waals surface area contributed by atoms with Gasteiger partial charge in [0, 0.05) is 17.3 Å². The van der Waals surface area contributed by atoms with Gasteiger partial charge < -0.3 is 10.6 Å². The van der Waals surface area contributed by atoms with Gasteiger partial charge in [0.2, 0.25) is 0 Å². The minimum Gasteiger partial charge on any atom is -0.338 e. The van der Waals surface area contributed by atoms with E-state index in [1.807, 2.05) is 0 Å². The van der Waals surface area contributed by atoms with Crippen LogP contribution in [0, 0.1) is 5.92 Å². The van der Waals surface area contributed by atoms with Crippen molar-refractivity contribution in [1.29, 1.82) is 0 Å². The minimum atomic E-state index is -2.90. The SMILES string of the molecule is O=C(NCC1CCS(=O)(=O)C1)Nc1cccc(Cl)c1. The third-order valence-corrected chi connectivity index (χ3v) is 5.03. The van der Waals surface area contributed by atoms with Crippen molar-refractivity contribution in [2.75, 3.05) is 23.4 Å². The summed E-state index contributed by atoms with van der Waals surface area (Å²) in [6.45, 7) is 0.367. The molecular formula is C12H15ClN2O3S. The van der Waals surface area contributed by atoms with Crippen LogP contribution in [0.3, 0.4) is 0 Å². The molecule has 1 saturated heterocycles. The molecule has 1 heterocycles. The average Bonchev–Trinajstić information content (AvgIpc) is 2.66. The van der Waals surface area contributed by atoms with Gasteiger partial charge in [-0.3, -0.25) is 0 Å². The number of hydrogen-bond donors (Lipinski definition) is 2. The van der Waals surface area contributed by atoms with Gasteiger partial charge in [-0.2, -0.15) is 0 Å². The second-order valence-corrected chi connectivity index (χ2v) is 7.28. The predicted molar refractivity (Wildman–Crippen MR) is 75.2 cm³/mol. The van der Waals surface area contributed by atoms with Crippen molar-refractivity contribution in [2.24, 2.45) is 5.92 Å². The van der Waals surface area contributed by atoms with E-state index < -0.39 is 9.84 Å². The van der Waals surface area contributed by atoms with Crippen molar-refractivity contribution in [3.8, 4) is 0 Å². The number of anilines is 1. The zero-order chi connectivity index (χ0) is 13.9. The Balaban J connectivity index is 1.79. The molecule has 0 radical (unpaired) electrons. The van der Waals surface area contributed by atoms with Crippen LogP contribution in [0.15, 0.2) is 24.3 Å². The van der Waals surface area contributed by atoms with Crippen molar-refractivity contribution >= 4 is 33.2 Å². The van der Waals surface area contributed by atoms with Crippen LogP contribution >= 0.6 is 11.6 Å². The highest BCUT2D eigenvalue weighted by molar-refractivity contribution is 7.91. The largest absolute Gasteiger partial charge is 0.338 e. The van der Waals surface area contributed by atoms with Gasteiger partial charge >= 0.3 is 6.03 Å². The van der Waals surface area contributed by atoms with E-state index in [0.717, 1.165) is 0 Å². The van der Waals surface area contributed by atoms with Crippen molar-refractivity contribution in [1.82, 2.24) is 5.32 Å². The van der Waals surface area contributed by atoms with Crippen LogP contribution in [0.2, 0.25) is 5.02 Å². The number of urea groups is 1. The number of amides is 2. The molecule has 2 N–H and O–H groups in total. The Labute approximate surface area is 117 Å². The summed E-state index contributed by atoms with van der Waals surface area (Å²) in [5.74, 6) is 0.384. The Morgan fingerprint density at radius 1 is 1.42 bits per heavy atom. The van der Waals surface area contributed by atoms with Gasteiger partial charge in [0.15, 0.2) is 9.84 Å². The molecule has 1 atom stereocenters. The van der Waals surface area contributed by atoms with Crippen LogP contribution in [0.4, 0.5) is 10.5 Å². The molecule has 19 heavy (non-hydrogen) atoms. The van der Waals surface area contributed by atoms with E-state index in [0.29, 0.717) is 23.7 Å². The average molecular weight is 303 g/mol. The molecule has 1 fully saturated rings. The summed E-state index contributed by atoms with van der Waals surface area (Å²) in [5.41, 5.74) is 0.601. The molecule has 0 spiro atoms. The predicted octanol–water partition coefficient (Wildman–Crippen LogP) is 1.90. The highest BCUT2D eigenvalue weighted by atomic mass is 35.5. The lowest BCUT2D eigenvalue weighted by molar-refractivity contribution is 0.250. The first-order chi connectivity index (χ1) is 8.94. The standard InChI is InChI=1S/C12H15ClN2O3S/c13-10-2-1-3-11(6-10)15-12(16)14-7-9-4-5-19(17,18)8-9/h1-3,6,9H,4-5,7-8H2,(H2,14,15,16). The van der Waals surface area contributed by atoms with Gasteiger partial charge in [-0.25, -0.2) is 13.2 Å². The van der Waals surface area contributed by atoms with E-state index in [1.54, 1.807) is 24.3 Å². The zero-order valence-corrected chi connectivity index (χ0v) is 11.8. The highest BCUT2D eigenvalue weighted by Gasteiger charge is 2.27. The normalized spacial score (nSPS) is 21.0. The summed E-state index contributed by atoms with van der Waals surface area (Å²) in [4.78, 5) is 11.6. The summed E-state index contributed by atoms with van der Waals surface area (Å²) in [6, 6.07) is 6.47. The van der Waals surface area contributed by atoms with Crippen molar-refractivity contribution in [3.63, 3.8) is 0 Å². The zero-order valence-electron chi connectivity index (χ0n) is 10.2. The Morgan fingerprint density at radius 2 is 2.21 bits per heavy atom. The van der Waals surface area contributed by atoms with Crippen LogP contribution in [-0.4, -0.2) is 32.5 Å². The Bertz CT molecular complexity index is 574. The van der Waals surface area contributed by atoms with E-state index in [-0.39, 0.29) is 23.5 Å². The van der Waals surface area contributed by atoms with E-state index in [2.05, 4.69) is 10.6 Å². The summed E-state index contributed by atoms with van der Waals surface area (Å²) in [5, 5.41) is 5.86. The monoisotopic (exact) mass is 302 g/mol. The second kappa shape index (κ2) is 5.79. The number of carbonyl (C=O) groups is 1. The van der Waals surface area contributed by atoms with Crippen LogP contribution in [-0.2, 0) is 9.84 Å². The van der Waals surface area contributed by atoms with Gasteiger partial charge in [-0.15, -0.1) is 0 Å². The second-order valence-electron chi connectivity index (χ2n) is 4.61. The van der Waals surface area contributed by atoms with Gasteiger partial charge in [0.05, 0.1) is 11.5 Å². The van der Waals surface area contributed by atoms with Gasteiger partial charge in [-0.05, 0) is 30.5 Å². The summed E-state index contributed by atoms with van der Waals surface area (Å²) in [6.07, 6.45) is 0.611. The van der Waals surface area contributed by atoms with Crippen molar-refractivity contribution in [2.45, 2.75) is 6.42 Å². The first kappa shape index (κ1) is 14.1. The number of rotatable bonds is 3. The lowest BCUT2D eigenvalue weighted by Crippen LogP contribution is -2.33. The molecule has 1 aliphatic heterocycles. The molecule has 0 aliphatic carbocycles. The minimum absolute atomic E-state index is 0.00936. The topological polar surface area (TPSA) is 75.3 Å². The van der Waals surface area contributed by atoms with Crippen LogP contribution in [0.25, 0.3) is 0 Å². The maximum Gasteiger partial charge on any atom is 0.319 e. The fraction of sp³-hybridized carbons (Fsp3) is 0.417. The van der Waals surface area contributed by atoms with Gasteiger partial charge in [-0.1, -0.05) is 17.7 Å². The fourth-order valence-corrected chi connectivity index (χ4v) is 4.06. The number of sulfone groups is 1. The lowest BCUT2D eigenvalue weighted by atomic mass is 10.1. The molecule has 1 aliphatic rings. The maximum absolute atomic E-state index is 11.6. The molecule has 2 amide bonds. The van der Waals surface area contributed by atoms with Gasteiger partial charge in [0.1, 0.15) is 0 Å². The molecule has 2 rings (SSSR count). The first-order valence-corrected chi connectivity index (χ1v) is 8.15. The van der Waals surface area contributed by atoms with Crippen LogP contribution in [0.1, 0.15) is 6.42 Å². The third kappa shape index (κ3) is 4.40. The number of benzene rings is 1. The smallest absolute Gasteiger partial charge is 0.319 e. The number of nitrogens with one attached hydrogen (secondary N) is 2. The van der Waals surface area contributed by atoms with E-state index >= 15 is 0 Å². The molecule has 0 saturated carbocycles. The third-order valence-electron chi connectivity index (χ3n) is 2.96. The molecule has 104 valence electrons. The molecule has 1 aromatic carbocycles. The van der Waals surface area contributed by atoms with Crippen molar-refractivity contribution < 1.29 is 13.2 Å². The van der Waals surface area contributed by atoms with E-state index in [1.165, 1.54) is 0 Å². The molecule has 0 aromatic heterocycles. The molecular weight excluding hydrogens is 288 g/mol. The Morgan fingerprint density at radius 3 is 2.84 bits per heavy atom. The Hall–Kier alpha value is -1.27. The van der Waals surface area contributed by atoms with Crippen LogP contribution in [0.5, 0.6) is 0 Å². The number of halogens is 1. The van der Waals surface area contributed by atoms with Gasteiger partial charge in [0.25, 0.3) is 0 Å². The molecule has 1 unspecified atom stereocenters. The molecule has 5 nitrogen and oxygen atoms in total. The van der Waals surface area contributed by atoms with E-state index in [4.69, 9.17) is 11.6 Å². The van der Waals surface area contributed by atoms with Crippen LogP contribution < -0.4 is 10.6 Å². The molecule has 1 aromatic rings. The molecule has 7 heteroatoms. The number of carbonyl (C=O) groups excluding carboxylic acids is 1. The Kier molecular flexibility index (Phi) is 4.31. The summed E-state index contributed by atoms with van der Waals surface area (Å²) < 4.78 is 22.5. The highest BCUT2D eigenvalue weighted by Crippen LogP contribution is 2.17. The number of hydrogen-bond acceptors (Lipinski definition) is 3. The quantitative estimate of drug-likeness (QED) is 0.895. The summed E-state index contributed by atoms with van der Waals surface area (Å²) >= 11 is 5.80. The first-order valence-electron chi connectivity index (χ1n) is 5.95. The van der Waals surface area contributed by atoms with Crippen molar-refractivity contribution in [3.05, 3.63) is 29.3 Å². The fourth-order valence-electron chi connectivity index (χ4n) is 2.01.